The van der Waals surface area contributed by atoms with Crippen LogP contribution in [0.4, 0.5) is 0 Å². The van der Waals surface area contributed by atoms with Crippen molar-refractivity contribution in [1.82, 2.24) is 0 Å². The number of hydrogen-bond donors (Lipinski definition) is 0. The van der Waals surface area contributed by atoms with Crippen LogP contribution < -0.4 is 0 Å². The minimum Gasteiger partial charge on any atom is -0.290 e. The first kappa shape index (κ1) is 16.8. The fourth-order valence-corrected chi connectivity index (χ4v) is 2.98. The maximum atomic E-state index is 12.9. The molecule has 2 nitrogen and oxygen atoms in total. The third-order valence-corrected chi connectivity index (χ3v) is 4.34. The van der Waals surface area contributed by atoms with Crippen molar-refractivity contribution in [2.24, 2.45) is 0 Å². The molecule has 0 aromatic heterocycles. The van der Waals surface area contributed by atoms with Gasteiger partial charge in [0, 0.05) is 5.56 Å². The molecule has 0 aliphatic heterocycles. The Bertz CT molecular complexity index is 824. The van der Waals surface area contributed by atoms with Gasteiger partial charge >= 0.3 is 0 Å². The molecule has 0 aliphatic rings. The van der Waals surface area contributed by atoms with Crippen molar-refractivity contribution in [1.29, 1.82) is 0 Å². The molecule has 0 fully saturated rings. The van der Waals surface area contributed by atoms with E-state index in [1.54, 1.807) is 24.3 Å². The SMILES string of the molecule is O=C(C(=O)C(CCc1ccccc1)c1ccccc1)c1ccccc1. The lowest BCUT2D eigenvalue weighted by Crippen LogP contribution is -2.23. The Morgan fingerprint density at radius 1 is 0.680 bits per heavy atom. The van der Waals surface area contributed by atoms with E-state index in [9.17, 15) is 9.59 Å². The molecule has 0 radical (unpaired) electrons. The molecular formula is C23H20O2. The minimum absolute atomic E-state index is 0.340. The summed E-state index contributed by atoms with van der Waals surface area (Å²) in [5, 5.41) is 0. The van der Waals surface area contributed by atoms with Crippen LogP contribution in [-0.4, -0.2) is 11.6 Å². The first-order valence-corrected chi connectivity index (χ1v) is 8.48. The average Bonchev–Trinajstić information content (AvgIpc) is 2.69. The molecule has 0 bridgehead atoms. The average molecular weight is 328 g/mol. The summed E-state index contributed by atoms with van der Waals surface area (Å²) < 4.78 is 0. The first-order chi connectivity index (χ1) is 12.3. The molecule has 3 aromatic carbocycles. The highest BCUT2D eigenvalue weighted by Gasteiger charge is 2.27. The van der Waals surface area contributed by atoms with E-state index < -0.39 is 11.7 Å². The van der Waals surface area contributed by atoms with E-state index in [4.69, 9.17) is 0 Å². The first-order valence-electron chi connectivity index (χ1n) is 8.48. The Kier molecular flexibility index (Phi) is 5.53. The summed E-state index contributed by atoms with van der Waals surface area (Å²) in [6, 6.07) is 28.4. The second kappa shape index (κ2) is 8.20. The van der Waals surface area contributed by atoms with Crippen LogP contribution >= 0.6 is 0 Å². The van der Waals surface area contributed by atoms with E-state index >= 15 is 0 Å². The summed E-state index contributed by atoms with van der Waals surface area (Å²) in [5.74, 6) is -1.18. The molecule has 2 heteroatoms. The second-order valence-corrected chi connectivity index (χ2v) is 6.05. The zero-order valence-electron chi connectivity index (χ0n) is 14.0. The molecule has 0 amide bonds. The van der Waals surface area contributed by atoms with Crippen LogP contribution in [0.25, 0.3) is 0 Å². The third-order valence-electron chi connectivity index (χ3n) is 4.34. The predicted octanol–water partition coefficient (Wildman–Crippen LogP) is 4.86. The van der Waals surface area contributed by atoms with Crippen LogP contribution in [0.15, 0.2) is 91.0 Å². The molecule has 1 unspecified atom stereocenters. The molecule has 0 heterocycles. The van der Waals surface area contributed by atoms with E-state index in [1.165, 1.54) is 5.56 Å². The number of ketones is 2. The lowest BCUT2D eigenvalue weighted by atomic mass is 9.86. The fraction of sp³-hybridized carbons (Fsp3) is 0.130. The zero-order chi connectivity index (χ0) is 17.5. The maximum absolute atomic E-state index is 12.9. The van der Waals surface area contributed by atoms with Crippen molar-refractivity contribution in [2.75, 3.05) is 0 Å². The van der Waals surface area contributed by atoms with Crippen molar-refractivity contribution in [3.05, 3.63) is 108 Å². The van der Waals surface area contributed by atoms with Crippen LogP contribution in [0, 0.1) is 0 Å². The summed E-state index contributed by atoms with van der Waals surface area (Å²) in [6.07, 6.45) is 1.37. The lowest BCUT2D eigenvalue weighted by molar-refractivity contribution is -0.116. The van der Waals surface area contributed by atoms with Crippen LogP contribution in [0.2, 0.25) is 0 Å². The standard InChI is InChI=1S/C23H20O2/c24-22(20-14-8-3-9-15-20)23(25)21(19-12-6-2-7-13-19)17-16-18-10-4-1-5-11-18/h1-15,21H,16-17H2. The van der Waals surface area contributed by atoms with Crippen molar-refractivity contribution in [3.8, 4) is 0 Å². The Morgan fingerprint density at radius 3 is 1.80 bits per heavy atom. The quantitative estimate of drug-likeness (QED) is 0.459. The molecule has 0 saturated heterocycles. The van der Waals surface area contributed by atoms with Gasteiger partial charge in [0.1, 0.15) is 0 Å². The number of Topliss-reactive ketones (excluding diaryl/α,β-unsaturated/α-hetero) is 2. The Morgan fingerprint density at radius 2 is 1.20 bits per heavy atom. The third kappa shape index (κ3) is 4.30. The van der Waals surface area contributed by atoms with Gasteiger partial charge in [0.05, 0.1) is 5.92 Å². The summed E-state index contributed by atoms with van der Waals surface area (Å²) in [7, 11) is 0. The number of carbonyl (C=O) groups is 2. The summed E-state index contributed by atoms with van der Waals surface area (Å²) in [4.78, 5) is 25.5. The Labute approximate surface area is 148 Å². The van der Waals surface area contributed by atoms with Gasteiger partial charge in [-0.05, 0) is 24.0 Å². The summed E-state index contributed by atoms with van der Waals surface area (Å²) >= 11 is 0. The molecule has 0 saturated carbocycles. The highest BCUT2D eigenvalue weighted by atomic mass is 16.2. The fourth-order valence-electron chi connectivity index (χ4n) is 2.98. The molecule has 3 rings (SSSR count). The minimum atomic E-state index is -0.422. The van der Waals surface area contributed by atoms with Gasteiger partial charge in [0.2, 0.25) is 11.6 Å². The van der Waals surface area contributed by atoms with E-state index in [0.717, 1.165) is 12.0 Å². The molecule has 124 valence electrons. The smallest absolute Gasteiger partial charge is 0.229 e. The van der Waals surface area contributed by atoms with Gasteiger partial charge in [-0.25, -0.2) is 0 Å². The predicted molar refractivity (Wildman–Crippen MR) is 99.7 cm³/mol. The van der Waals surface area contributed by atoms with E-state index in [1.807, 2.05) is 66.7 Å². The van der Waals surface area contributed by atoms with Crippen molar-refractivity contribution in [3.63, 3.8) is 0 Å². The molecule has 0 spiro atoms. The van der Waals surface area contributed by atoms with E-state index in [-0.39, 0.29) is 5.78 Å². The Hall–Kier alpha value is -3.00. The van der Waals surface area contributed by atoms with Crippen molar-refractivity contribution >= 4 is 11.6 Å². The highest BCUT2D eigenvalue weighted by Crippen LogP contribution is 2.24. The van der Waals surface area contributed by atoms with E-state index in [2.05, 4.69) is 0 Å². The molecule has 25 heavy (non-hydrogen) atoms. The normalized spacial score (nSPS) is 11.7. The van der Waals surface area contributed by atoms with Gasteiger partial charge in [-0.2, -0.15) is 0 Å². The molecule has 0 aliphatic carbocycles. The largest absolute Gasteiger partial charge is 0.290 e. The van der Waals surface area contributed by atoms with Gasteiger partial charge in [0.25, 0.3) is 0 Å². The lowest BCUT2D eigenvalue weighted by Gasteiger charge is -2.16. The van der Waals surface area contributed by atoms with Crippen LogP contribution in [-0.2, 0) is 11.2 Å². The summed E-state index contributed by atoms with van der Waals surface area (Å²) in [5.41, 5.74) is 2.52. The zero-order valence-corrected chi connectivity index (χ0v) is 14.0. The Balaban J connectivity index is 1.83. The molecular weight excluding hydrogens is 308 g/mol. The summed E-state index contributed by atoms with van der Waals surface area (Å²) in [6.45, 7) is 0. The van der Waals surface area contributed by atoms with Gasteiger partial charge < -0.3 is 0 Å². The number of benzene rings is 3. The van der Waals surface area contributed by atoms with Crippen LogP contribution in [0.3, 0.4) is 0 Å². The number of rotatable bonds is 7. The number of hydrogen-bond acceptors (Lipinski definition) is 2. The maximum Gasteiger partial charge on any atom is 0.229 e. The van der Waals surface area contributed by atoms with Gasteiger partial charge in [-0.1, -0.05) is 91.0 Å². The monoisotopic (exact) mass is 328 g/mol. The molecule has 3 aromatic rings. The van der Waals surface area contributed by atoms with Gasteiger partial charge in [-0.15, -0.1) is 0 Å². The number of aryl methyl sites for hydroxylation is 1. The molecule has 1 atom stereocenters. The van der Waals surface area contributed by atoms with Gasteiger partial charge in [-0.3, -0.25) is 9.59 Å². The van der Waals surface area contributed by atoms with Crippen LogP contribution in [0.5, 0.6) is 0 Å². The van der Waals surface area contributed by atoms with Gasteiger partial charge in [0.15, 0.2) is 0 Å². The second-order valence-electron chi connectivity index (χ2n) is 6.05. The van der Waals surface area contributed by atoms with Crippen molar-refractivity contribution < 1.29 is 9.59 Å². The van der Waals surface area contributed by atoms with Crippen LogP contribution in [0.1, 0.15) is 33.8 Å². The molecule has 0 N–H and O–H groups in total. The number of carbonyl (C=O) groups excluding carboxylic acids is 2. The topological polar surface area (TPSA) is 34.1 Å². The van der Waals surface area contributed by atoms with Crippen molar-refractivity contribution in [2.45, 2.75) is 18.8 Å². The highest BCUT2D eigenvalue weighted by molar-refractivity contribution is 6.45. The van der Waals surface area contributed by atoms with E-state index in [0.29, 0.717) is 12.0 Å².